The van der Waals surface area contributed by atoms with Gasteiger partial charge in [0.1, 0.15) is 0 Å². The lowest BCUT2D eigenvalue weighted by Crippen LogP contribution is -2.41. The van der Waals surface area contributed by atoms with Gasteiger partial charge in [0.2, 0.25) is 0 Å². The van der Waals surface area contributed by atoms with Crippen LogP contribution in [-0.4, -0.2) is 10.8 Å². The summed E-state index contributed by atoms with van der Waals surface area (Å²) in [6.45, 7) is 2.09. The molecule has 3 N–H and O–H groups in total. The Balaban J connectivity index is 1.79. The molecule has 0 bridgehead atoms. The Hall–Kier alpha value is -2.31. The Morgan fingerprint density at radius 2 is 1.91 bits per heavy atom. The lowest BCUT2D eigenvalue weighted by atomic mass is 10.1. The zero-order valence-electron chi connectivity index (χ0n) is 11.9. The molecule has 4 rings (SSSR count). The maximum Gasteiger partial charge on any atom is 0.179 e. The highest BCUT2D eigenvalue weighted by Gasteiger charge is 2.23. The minimum Gasteiger partial charge on any atom is -0.360 e. The number of halogens is 1. The summed E-state index contributed by atoms with van der Waals surface area (Å²) in [5, 5.41) is 7.47. The number of benzene rings is 2. The Bertz CT molecular complexity index is 866. The van der Waals surface area contributed by atoms with Gasteiger partial charge < -0.3 is 4.98 Å². The predicted molar refractivity (Wildman–Crippen MR) is 92.5 cm³/mol. The van der Waals surface area contributed by atoms with Crippen molar-refractivity contribution in [2.24, 2.45) is 5.10 Å². The van der Waals surface area contributed by atoms with Gasteiger partial charge in [-0.25, -0.2) is 10.5 Å². The van der Waals surface area contributed by atoms with Crippen molar-refractivity contribution in [2.75, 3.05) is 5.01 Å². The smallest absolute Gasteiger partial charge is 0.179 e. The van der Waals surface area contributed by atoms with E-state index in [0.29, 0.717) is 0 Å². The number of fused-ring (bicyclic) bond motifs is 1. The van der Waals surface area contributed by atoms with Gasteiger partial charge in [-0.1, -0.05) is 27.6 Å². The third-order valence-corrected chi connectivity index (χ3v) is 4.23. The van der Waals surface area contributed by atoms with E-state index in [2.05, 4.69) is 62.2 Å². The van der Waals surface area contributed by atoms with Crippen molar-refractivity contribution in [1.82, 2.24) is 16.1 Å². The van der Waals surface area contributed by atoms with E-state index in [1.54, 1.807) is 0 Å². The van der Waals surface area contributed by atoms with Gasteiger partial charge in [0.05, 0.1) is 5.69 Å². The molecule has 22 heavy (non-hydrogen) atoms. The molecule has 0 saturated carbocycles. The molecule has 3 aromatic rings. The van der Waals surface area contributed by atoms with E-state index in [0.717, 1.165) is 32.5 Å². The van der Waals surface area contributed by atoms with Crippen LogP contribution >= 0.6 is 15.9 Å². The third-order valence-electron chi connectivity index (χ3n) is 3.70. The second kappa shape index (κ2) is 5.15. The number of H-pyrrole nitrogens is 1. The highest BCUT2D eigenvalue weighted by molar-refractivity contribution is 9.10. The molecule has 1 aliphatic heterocycles. The van der Waals surface area contributed by atoms with Gasteiger partial charge in [-0.05, 0) is 43.3 Å². The van der Waals surface area contributed by atoms with E-state index >= 15 is 0 Å². The summed E-state index contributed by atoms with van der Waals surface area (Å²) in [6.07, 6.45) is 1.99. The minimum absolute atomic E-state index is 0.833. The second-order valence-corrected chi connectivity index (χ2v) is 6.14. The van der Waals surface area contributed by atoms with Crippen molar-refractivity contribution in [3.63, 3.8) is 0 Å². The average Bonchev–Trinajstić information content (AvgIpc) is 3.13. The Morgan fingerprint density at radius 3 is 2.73 bits per heavy atom. The molecule has 5 nitrogen and oxygen atoms in total. The largest absolute Gasteiger partial charge is 0.360 e. The number of hydrazone groups is 1. The number of aromatic amines is 1. The molecule has 0 atom stereocenters. The van der Waals surface area contributed by atoms with Crippen molar-refractivity contribution in [3.05, 3.63) is 64.3 Å². The molecule has 1 aromatic heterocycles. The molecule has 2 aromatic carbocycles. The molecule has 0 aliphatic carbocycles. The van der Waals surface area contributed by atoms with Gasteiger partial charge in [-0.3, -0.25) is 0 Å². The summed E-state index contributed by atoms with van der Waals surface area (Å²) in [5.74, 6) is 0.833. The van der Waals surface area contributed by atoms with E-state index in [1.165, 1.54) is 5.56 Å². The van der Waals surface area contributed by atoms with E-state index in [4.69, 9.17) is 0 Å². The molecule has 1 aliphatic rings. The normalized spacial score (nSPS) is 14.3. The summed E-state index contributed by atoms with van der Waals surface area (Å²) < 4.78 is 1.05. The standard InChI is InChI=1S/C16H14BrN5/c1-10-2-7-15-13(8-10)14(9-18-15)16-19-20-21-22(16)12-5-3-11(17)4-6-12/h2-9,18,20-21H,1H3. The Kier molecular flexibility index (Phi) is 3.13. The second-order valence-electron chi connectivity index (χ2n) is 5.22. The van der Waals surface area contributed by atoms with E-state index in [-0.39, 0.29) is 0 Å². The lowest BCUT2D eigenvalue weighted by molar-refractivity contribution is 0.623. The zero-order chi connectivity index (χ0) is 15.1. The first-order valence-electron chi connectivity index (χ1n) is 6.94. The number of anilines is 1. The number of hydrazine groups is 2. The van der Waals surface area contributed by atoms with Crippen LogP contribution in [0, 0.1) is 6.92 Å². The number of hydrogen-bond acceptors (Lipinski definition) is 4. The summed E-state index contributed by atoms with van der Waals surface area (Å²) in [6, 6.07) is 14.4. The van der Waals surface area contributed by atoms with E-state index in [1.807, 2.05) is 35.5 Å². The molecular formula is C16H14BrN5. The number of aromatic nitrogens is 1. The topological polar surface area (TPSA) is 55.5 Å². The molecule has 0 unspecified atom stereocenters. The summed E-state index contributed by atoms with van der Waals surface area (Å²) in [5.41, 5.74) is 10.3. The Morgan fingerprint density at radius 1 is 1.09 bits per heavy atom. The molecule has 0 radical (unpaired) electrons. The van der Waals surface area contributed by atoms with Crippen LogP contribution in [0.2, 0.25) is 0 Å². The van der Waals surface area contributed by atoms with Crippen LogP contribution in [0.25, 0.3) is 10.9 Å². The van der Waals surface area contributed by atoms with Crippen molar-refractivity contribution in [1.29, 1.82) is 0 Å². The van der Waals surface area contributed by atoms with Crippen LogP contribution in [0.3, 0.4) is 0 Å². The first kappa shape index (κ1) is 13.4. The molecular weight excluding hydrogens is 342 g/mol. The zero-order valence-corrected chi connectivity index (χ0v) is 13.5. The lowest BCUT2D eigenvalue weighted by Gasteiger charge is -2.18. The van der Waals surface area contributed by atoms with Crippen LogP contribution in [0.4, 0.5) is 5.69 Å². The van der Waals surface area contributed by atoms with Crippen LogP contribution in [0.5, 0.6) is 0 Å². The van der Waals surface area contributed by atoms with Gasteiger partial charge in [-0.15, -0.1) is 10.6 Å². The van der Waals surface area contributed by atoms with Crippen molar-refractivity contribution < 1.29 is 0 Å². The predicted octanol–water partition coefficient (Wildman–Crippen LogP) is 3.43. The molecule has 0 amide bonds. The highest BCUT2D eigenvalue weighted by atomic mass is 79.9. The van der Waals surface area contributed by atoms with E-state index < -0.39 is 0 Å². The number of nitrogens with zero attached hydrogens (tertiary/aromatic N) is 2. The highest BCUT2D eigenvalue weighted by Crippen LogP contribution is 2.25. The quantitative estimate of drug-likeness (QED) is 0.660. The van der Waals surface area contributed by atoms with Crippen LogP contribution in [0.1, 0.15) is 11.1 Å². The van der Waals surface area contributed by atoms with E-state index in [9.17, 15) is 0 Å². The van der Waals surface area contributed by atoms with Gasteiger partial charge in [0, 0.05) is 27.1 Å². The number of hydrogen-bond donors (Lipinski definition) is 3. The number of rotatable bonds is 2. The fourth-order valence-electron chi connectivity index (χ4n) is 2.61. The number of nitrogens with one attached hydrogen (secondary N) is 3. The summed E-state index contributed by atoms with van der Waals surface area (Å²) in [7, 11) is 0. The average molecular weight is 356 g/mol. The molecule has 0 fully saturated rings. The van der Waals surface area contributed by atoms with Crippen molar-refractivity contribution in [2.45, 2.75) is 6.92 Å². The van der Waals surface area contributed by atoms with Gasteiger partial charge in [-0.2, -0.15) is 0 Å². The van der Waals surface area contributed by atoms with Gasteiger partial charge >= 0.3 is 0 Å². The molecule has 0 saturated heterocycles. The molecule has 110 valence electrons. The molecule has 6 heteroatoms. The minimum atomic E-state index is 0.833. The summed E-state index contributed by atoms with van der Waals surface area (Å²) in [4.78, 5) is 3.30. The maximum absolute atomic E-state index is 4.39. The van der Waals surface area contributed by atoms with Crippen LogP contribution in [0.15, 0.2) is 58.2 Å². The van der Waals surface area contributed by atoms with Crippen LogP contribution in [-0.2, 0) is 0 Å². The third kappa shape index (κ3) is 2.17. The fraction of sp³-hybridized carbons (Fsp3) is 0.0625. The molecule has 2 heterocycles. The number of aryl methyl sites for hydroxylation is 1. The first-order valence-corrected chi connectivity index (χ1v) is 7.74. The SMILES string of the molecule is Cc1ccc2[nH]cc(C3=NNNN3c3ccc(Br)cc3)c2c1. The van der Waals surface area contributed by atoms with Gasteiger partial charge in [0.15, 0.2) is 5.84 Å². The Labute approximate surface area is 136 Å². The maximum atomic E-state index is 4.39. The van der Waals surface area contributed by atoms with Gasteiger partial charge in [0.25, 0.3) is 0 Å². The fourth-order valence-corrected chi connectivity index (χ4v) is 2.87. The first-order chi connectivity index (χ1) is 10.7. The van der Waals surface area contributed by atoms with Crippen molar-refractivity contribution >= 4 is 38.4 Å². The van der Waals surface area contributed by atoms with Crippen molar-refractivity contribution in [3.8, 4) is 0 Å². The summed E-state index contributed by atoms with van der Waals surface area (Å²) >= 11 is 3.46. The van der Waals surface area contributed by atoms with Crippen LogP contribution < -0.4 is 16.1 Å². The number of amidine groups is 1. The monoisotopic (exact) mass is 355 g/mol. The molecule has 0 spiro atoms.